The van der Waals surface area contributed by atoms with Gasteiger partial charge in [0.05, 0.1) is 18.8 Å². The topological polar surface area (TPSA) is 131 Å². The maximum atomic E-state index is 11.6. The number of aryl methyl sites for hydroxylation is 1. The minimum Gasteiger partial charge on any atom is -0.460 e. The van der Waals surface area contributed by atoms with Crippen molar-refractivity contribution in [2.45, 2.75) is 45.3 Å². The van der Waals surface area contributed by atoms with Gasteiger partial charge in [-0.1, -0.05) is 67.2 Å². The molecule has 0 spiro atoms. The van der Waals surface area contributed by atoms with Crippen molar-refractivity contribution in [3.63, 3.8) is 0 Å². The third-order valence-corrected chi connectivity index (χ3v) is 10.1. The van der Waals surface area contributed by atoms with E-state index in [9.17, 15) is 19.8 Å². The molecule has 1 radical (unpaired) electrons. The van der Waals surface area contributed by atoms with Crippen LogP contribution in [0.5, 0.6) is 5.75 Å². The molecular weight excluding hydrogens is 935 g/mol. The number of carbonyl (C=O) groups is 2. The molecule has 0 saturated heterocycles. The van der Waals surface area contributed by atoms with Crippen molar-refractivity contribution in [2.24, 2.45) is 0 Å². The number of carbonyl (C=O) groups excluding carboxylic acids is 2. The van der Waals surface area contributed by atoms with Crippen LogP contribution in [0.15, 0.2) is 134 Å². The van der Waals surface area contributed by atoms with Gasteiger partial charge in [0.2, 0.25) is 0 Å². The number of aliphatic hydroxyl groups excluding tert-OH is 2. The Bertz CT molecular complexity index is 2120. The Labute approximate surface area is 354 Å². The zero-order valence-corrected chi connectivity index (χ0v) is 35.5. The Morgan fingerprint density at radius 2 is 1.32 bits per heavy atom. The molecule has 7 rings (SSSR count). The molecule has 1 amide bonds. The first-order valence-electron chi connectivity index (χ1n) is 18.0. The van der Waals surface area contributed by atoms with Gasteiger partial charge in [-0.2, -0.15) is 0 Å². The number of nitrogens with one attached hydrogen (secondary N) is 1. The number of esters is 1. The summed E-state index contributed by atoms with van der Waals surface area (Å²) in [5.41, 5.74) is 3.29. The van der Waals surface area contributed by atoms with Crippen molar-refractivity contribution in [1.82, 2.24) is 15.3 Å². The monoisotopic (exact) mass is 978 g/mol. The summed E-state index contributed by atoms with van der Waals surface area (Å²) in [6.07, 6.45) is 3.48. The minimum atomic E-state index is -0.642. The Balaban J connectivity index is 0.000000198. The molecule has 4 heterocycles. The van der Waals surface area contributed by atoms with Crippen molar-refractivity contribution < 1.29 is 49.4 Å². The fourth-order valence-corrected chi connectivity index (χ4v) is 7.16. The molecule has 0 fully saturated rings. The van der Waals surface area contributed by atoms with Gasteiger partial charge >= 0.3 is 12.1 Å². The van der Waals surface area contributed by atoms with Gasteiger partial charge in [0.1, 0.15) is 12.4 Å². The maximum absolute atomic E-state index is 11.6. The number of aromatic nitrogens is 2. The number of hydrogen-bond acceptors (Lipinski definition) is 10. The molecule has 2 unspecified atom stereocenters. The zero-order valence-electron chi connectivity index (χ0n) is 31.5. The molecule has 297 valence electrons. The van der Waals surface area contributed by atoms with Gasteiger partial charge in [0, 0.05) is 49.5 Å². The van der Waals surface area contributed by atoms with Crippen LogP contribution in [0, 0.1) is 12.1 Å². The van der Waals surface area contributed by atoms with E-state index in [1.54, 1.807) is 48.7 Å². The molecule has 12 heteroatoms. The summed E-state index contributed by atoms with van der Waals surface area (Å²) in [5.74, 6) is -0.121. The van der Waals surface area contributed by atoms with Crippen LogP contribution >= 0.6 is 22.7 Å². The molecule has 9 nitrogen and oxygen atoms in total. The molecule has 0 aliphatic heterocycles. The summed E-state index contributed by atoms with van der Waals surface area (Å²) in [7, 11) is 0. The first kappa shape index (κ1) is 44.6. The summed E-state index contributed by atoms with van der Waals surface area (Å²) in [6, 6.07) is 42.1. The van der Waals surface area contributed by atoms with Gasteiger partial charge in [-0.3, -0.25) is 0 Å². The van der Waals surface area contributed by atoms with Gasteiger partial charge in [-0.25, -0.2) is 32.3 Å². The third-order valence-electron chi connectivity index (χ3n) is 7.96. The summed E-state index contributed by atoms with van der Waals surface area (Å²) in [6.45, 7) is 6.81. The number of rotatable bonds is 12. The second kappa shape index (κ2) is 23.2. The molecule has 0 bridgehead atoms. The molecule has 0 aliphatic rings. The van der Waals surface area contributed by atoms with Gasteiger partial charge in [0.15, 0.2) is 0 Å². The first-order chi connectivity index (χ1) is 27.1. The van der Waals surface area contributed by atoms with E-state index < -0.39 is 24.3 Å². The number of aliphatic hydroxyl groups is 2. The van der Waals surface area contributed by atoms with Crippen LogP contribution in [-0.4, -0.2) is 57.6 Å². The van der Waals surface area contributed by atoms with Crippen LogP contribution in [0.1, 0.15) is 32.3 Å². The summed E-state index contributed by atoms with van der Waals surface area (Å²) in [4.78, 5) is 33.7. The van der Waals surface area contributed by atoms with Crippen LogP contribution in [0.2, 0.25) is 0 Å². The number of hydrogen-bond donors (Lipinski definition) is 3. The largest absolute Gasteiger partial charge is 0.460 e. The molecule has 2 atom stereocenters. The van der Waals surface area contributed by atoms with Gasteiger partial charge in [0.25, 0.3) is 0 Å². The zero-order chi connectivity index (χ0) is 39.7. The molecule has 3 N–H and O–H groups in total. The number of benzene rings is 3. The van der Waals surface area contributed by atoms with Crippen LogP contribution in [0.4, 0.5) is 4.79 Å². The predicted molar refractivity (Wildman–Crippen MR) is 225 cm³/mol. The van der Waals surface area contributed by atoms with Crippen molar-refractivity contribution in [1.29, 1.82) is 0 Å². The van der Waals surface area contributed by atoms with Crippen LogP contribution in [0.3, 0.4) is 0 Å². The molecule has 3 aromatic carbocycles. The number of amides is 1. The van der Waals surface area contributed by atoms with Crippen LogP contribution < -0.4 is 10.1 Å². The molecule has 57 heavy (non-hydrogen) atoms. The number of pyridine rings is 2. The van der Waals surface area contributed by atoms with E-state index in [1.807, 2.05) is 73.1 Å². The summed E-state index contributed by atoms with van der Waals surface area (Å²) < 4.78 is 12.5. The van der Waals surface area contributed by atoms with Crippen molar-refractivity contribution in [3.8, 4) is 26.9 Å². The van der Waals surface area contributed by atoms with Gasteiger partial charge < -0.3 is 35.0 Å². The number of ether oxygens (including phenoxy) is 2. The Hall–Kier alpha value is -5.07. The predicted octanol–water partition coefficient (Wildman–Crippen LogP) is 9.48. The van der Waals surface area contributed by atoms with E-state index in [1.165, 1.54) is 20.2 Å². The second-order valence-electron chi connectivity index (χ2n) is 12.7. The third kappa shape index (κ3) is 14.7. The first-order valence-corrected chi connectivity index (χ1v) is 19.7. The fraction of sp³-hybridized carbons (Fsp3) is 0.200. The Morgan fingerprint density at radius 3 is 1.79 bits per heavy atom. The number of nitrogens with zero attached hydrogens (tertiary/aromatic N) is 2. The fourth-order valence-electron chi connectivity index (χ4n) is 5.19. The molecular formula is C45H43IrN3O6S2-2. The van der Waals surface area contributed by atoms with E-state index in [2.05, 4.69) is 70.4 Å². The molecule has 0 aliphatic carbocycles. The number of thiophene rings is 2. The average Bonchev–Trinajstić information content (AvgIpc) is 3.85. The molecule has 0 saturated carbocycles. The van der Waals surface area contributed by atoms with E-state index >= 15 is 0 Å². The standard InChI is InChI=1S/C19H27NO6.2C13H8NS.Ir/c1-13(2)18(23)25-11-10-20-19(24)26-17-8-5-15(6-9-17)4-7-16(22)12-14(3)21;2*1-2-7-12-10(5-1)9-13(15-12)11-6-3-4-8-14-11;/h5-6,8-9,14,16,21-22H,1,4,7,10-12H2,2-3H3,(H,20,24);2*1-8H;/q;2*-1;. The smallest absolute Gasteiger partial charge is 0.412 e. The normalized spacial score (nSPS) is 11.4. The number of fused-ring (bicyclic) bond motifs is 2. The van der Waals surface area contributed by atoms with Crippen LogP contribution in [-0.2, 0) is 36.1 Å². The van der Waals surface area contributed by atoms with Crippen molar-refractivity contribution in [2.75, 3.05) is 13.2 Å². The Morgan fingerprint density at radius 1 is 0.789 bits per heavy atom. The SMILES string of the molecule is C=C(C)C(=O)OCCNC(=O)Oc1ccc(CCC(O)CC(C)O)cc1.[Ir].[c-]1c(-c2ccccn2)sc2ccccc12.[c-]1c(-c2ccccn2)sc2ccccc12. The van der Waals surface area contributed by atoms with E-state index in [0.717, 1.165) is 26.7 Å². The quantitative estimate of drug-likeness (QED) is 0.0478. The van der Waals surface area contributed by atoms with Crippen molar-refractivity contribution in [3.05, 3.63) is 151 Å². The maximum Gasteiger partial charge on any atom is 0.412 e. The summed E-state index contributed by atoms with van der Waals surface area (Å²) >= 11 is 3.46. The minimum absolute atomic E-state index is 0. The van der Waals surface area contributed by atoms with Crippen LogP contribution in [0.25, 0.3) is 41.3 Å². The van der Waals surface area contributed by atoms with E-state index in [4.69, 9.17) is 9.47 Å². The van der Waals surface area contributed by atoms with E-state index in [0.29, 0.717) is 30.6 Å². The van der Waals surface area contributed by atoms with Gasteiger partial charge in [-0.05, 0) is 82.1 Å². The van der Waals surface area contributed by atoms with Gasteiger partial charge in [-0.15, -0.1) is 47.2 Å². The van der Waals surface area contributed by atoms with E-state index in [-0.39, 0.29) is 33.3 Å². The summed E-state index contributed by atoms with van der Waals surface area (Å²) in [5, 5.41) is 23.8. The molecule has 7 aromatic rings. The van der Waals surface area contributed by atoms with Crippen molar-refractivity contribution >= 4 is 54.9 Å². The Kier molecular flexibility index (Phi) is 18.2. The second-order valence-corrected chi connectivity index (χ2v) is 14.8. The molecule has 4 aromatic heterocycles. The average molecular weight is 978 g/mol.